The second-order valence-electron chi connectivity index (χ2n) is 4.31. The van der Waals surface area contributed by atoms with Gasteiger partial charge in [0.2, 0.25) is 0 Å². The molecule has 5 nitrogen and oxygen atoms in total. The summed E-state index contributed by atoms with van der Waals surface area (Å²) in [6, 6.07) is 9.86. The van der Waals surface area contributed by atoms with Crippen LogP contribution in [-0.2, 0) is 4.79 Å². The van der Waals surface area contributed by atoms with Gasteiger partial charge in [-0.05, 0) is 24.3 Å². The van der Waals surface area contributed by atoms with Crippen molar-refractivity contribution in [1.82, 2.24) is 0 Å². The van der Waals surface area contributed by atoms with E-state index in [1.807, 2.05) is 0 Å². The summed E-state index contributed by atoms with van der Waals surface area (Å²) >= 11 is 17.9. The molecule has 0 aliphatic carbocycles. The maximum Gasteiger partial charge on any atom is 0.128 e. The van der Waals surface area contributed by atoms with Crippen LogP contribution in [0.5, 0.6) is 5.75 Å². The monoisotopic (exact) mass is 371 g/mol. The molecule has 2 rings (SSSR count). The molecule has 0 aromatic heterocycles. The fourth-order valence-electron chi connectivity index (χ4n) is 1.67. The average molecular weight is 373 g/mol. The maximum atomic E-state index is 10.5. The summed E-state index contributed by atoms with van der Waals surface area (Å²) < 4.78 is 5.11. The van der Waals surface area contributed by atoms with E-state index in [1.54, 1.807) is 24.3 Å². The number of hydrogen-bond acceptors (Lipinski definition) is 5. The lowest BCUT2D eigenvalue weighted by atomic mass is 10.2. The summed E-state index contributed by atoms with van der Waals surface area (Å²) in [7, 11) is 0. The summed E-state index contributed by atoms with van der Waals surface area (Å²) in [6.07, 6.45) is 1.45. The molecule has 0 aliphatic heterocycles. The van der Waals surface area contributed by atoms with Crippen LogP contribution in [0.3, 0.4) is 0 Å². The molecule has 0 saturated heterocycles. The fraction of sp³-hybridized carbons (Fsp3) is 0.0667. The van der Waals surface area contributed by atoms with Gasteiger partial charge in [0.05, 0.1) is 27.9 Å². The van der Waals surface area contributed by atoms with Crippen LogP contribution in [0, 0.1) is 0 Å². The van der Waals surface area contributed by atoms with Crippen molar-refractivity contribution in [2.24, 2.45) is 5.10 Å². The van der Waals surface area contributed by atoms with E-state index in [0.29, 0.717) is 32.1 Å². The molecule has 0 unspecified atom stereocenters. The number of para-hydroxylation sites is 1. The highest BCUT2D eigenvalue weighted by Gasteiger charge is 2.07. The Morgan fingerprint density at radius 2 is 1.87 bits per heavy atom. The Hall–Kier alpha value is -1.95. The van der Waals surface area contributed by atoms with Gasteiger partial charge in [-0.25, -0.2) is 0 Å². The third-order valence-electron chi connectivity index (χ3n) is 2.65. The van der Waals surface area contributed by atoms with E-state index in [4.69, 9.17) is 39.5 Å². The summed E-state index contributed by atoms with van der Waals surface area (Å²) in [6.45, 7) is -0.548. The molecular weight excluding hydrogens is 363 g/mol. The summed E-state index contributed by atoms with van der Waals surface area (Å²) in [5.41, 5.74) is 3.69. The van der Waals surface area contributed by atoms with Crippen molar-refractivity contribution >= 4 is 52.7 Å². The first-order valence-electron chi connectivity index (χ1n) is 6.32. The number of aliphatic carboxylic acids is 1. The first-order chi connectivity index (χ1) is 11.0. The van der Waals surface area contributed by atoms with Crippen molar-refractivity contribution < 1.29 is 14.6 Å². The van der Waals surface area contributed by atoms with E-state index in [-0.39, 0.29) is 0 Å². The maximum absolute atomic E-state index is 10.5. The Morgan fingerprint density at radius 1 is 1.22 bits per heavy atom. The van der Waals surface area contributed by atoms with Crippen molar-refractivity contribution in [3.05, 3.63) is 57.0 Å². The number of benzene rings is 2. The van der Waals surface area contributed by atoms with Gasteiger partial charge in [-0.2, -0.15) is 5.10 Å². The molecule has 23 heavy (non-hydrogen) atoms. The van der Waals surface area contributed by atoms with Gasteiger partial charge >= 0.3 is 0 Å². The average Bonchev–Trinajstić information content (AvgIpc) is 2.48. The number of nitrogens with zero attached hydrogens (tertiary/aromatic N) is 1. The number of rotatable bonds is 6. The molecule has 0 radical (unpaired) electrons. The minimum atomic E-state index is -1.31. The zero-order valence-corrected chi connectivity index (χ0v) is 13.8. The van der Waals surface area contributed by atoms with Crippen LogP contribution in [0.15, 0.2) is 41.5 Å². The lowest BCUT2D eigenvalue weighted by Gasteiger charge is -2.09. The number of carbonyl (C=O) groups excluding carboxylic acids is 1. The molecule has 0 heterocycles. The van der Waals surface area contributed by atoms with Gasteiger partial charge in [0.25, 0.3) is 0 Å². The molecule has 0 bridgehead atoms. The van der Waals surface area contributed by atoms with Gasteiger partial charge in [0, 0.05) is 10.6 Å². The second kappa shape index (κ2) is 8.06. The van der Waals surface area contributed by atoms with Gasteiger partial charge < -0.3 is 14.6 Å². The van der Waals surface area contributed by atoms with Crippen LogP contribution >= 0.6 is 34.8 Å². The minimum absolute atomic E-state index is 0.320. The van der Waals surface area contributed by atoms with Crippen molar-refractivity contribution in [2.75, 3.05) is 12.0 Å². The Labute approximate surface area is 147 Å². The third-order valence-corrected chi connectivity index (χ3v) is 3.47. The number of carboxylic acid groups (broad SMARTS) is 1. The largest absolute Gasteiger partial charge is 0.546 e. The topological polar surface area (TPSA) is 73.8 Å². The lowest BCUT2D eigenvalue weighted by Crippen LogP contribution is -2.29. The Bertz CT molecular complexity index is 727. The van der Waals surface area contributed by atoms with Crippen LogP contribution in [0.2, 0.25) is 15.1 Å². The SMILES string of the molecule is O=C([O-])COc1ccccc1/C=N\Nc1c(Cl)cc(Cl)cc1Cl. The van der Waals surface area contributed by atoms with E-state index in [0.717, 1.165) is 0 Å². The number of ether oxygens (including phenoxy) is 1. The second-order valence-corrected chi connectivity index (χ2v) is 5.56. The van der Waals surface area contributed by atoms with Gasteiger partial charge in [0.1, 0.15) is 12.4 Å². The van der Waals surface area contributed by atoms with E-state index >= 15 is 0 Å². The van der Waals surface area contributed by atoms with Crippen LogP contribution < -0.4 is 15.3 Å². The van der Waals surface area contributed by atoms with Crippen molar-refractivity contribution in [3.8, 4) is 5.75 Å². The highest BCUT2D eigenvalue weighted by Crippen LogP contribution is 2.33. The van der Waals surface area contributed by atoms with Crippen LogP contribution in [0.25, 0.3) is 0 Å². The van der Waals surface area contributed by atoms with E-state index in [2.05, 4.69) is 10.5 Å². The van der Waals surface area contributed by atoms with Crippen LogP contribution in [-0.4, -0.2) is 18.8 Å². The molecule has 0 aliphatic rings. The van der Waals surface area contributed by atoms with Crippen LogP contribution in [0.1, 0.15) is 5.56 Å². The first kappa shape index (κ1) is 17.4. The third kappa shape index (κ3) is 5.03. The summed E-state index contributed by atoms with van der Waals surface area (Å²) in [5, 5.41) is 15.5. The highest BCUT2D eigenvalue weighted by molar-refractivity contribution is 6.41. The molecule has 2 aromatic rings. The molecule has 0 atom stereocenters. The predicted molar refractivity (Wildman–Crippen MR) is 89.6 cm³/mol. The quantitative estimate of drug-likeness (QED) is 0.624. The van der Waals surface area contributed by atoms with E-state index < -0.39 is 12.6 Å². The zero-order valence-electron chi connectivity index (χ0n) is 11.6. The summed E-state index contributed by atoms with van der Waals surface area (Å²) in [4.78, 5) is 10.5. The van der Waals surface area contributed by atoms with Crippen molar-refractivity contribution in [3.63, 3.8) is 0 Å². The fourth-order valence-corrected chi connectivity index (χ4v) is 2.57. The summed E-state index contributed by atoms with van der Waals surface area (Å²) in [5.74, 6) is -0.954. The Morgan fingerprint density at radius 3 is 2.52 bits per heavy atom. The van der Waals surface area contributed by atoms with Crippen molar-refractivity contribution in [2.45, 2.75) is 0 Å². The van der Waals surface area contributed by atoms with Crippen molar-refractivity contribution in [1.29, 1.82) is 0 Å². The Kier molecular flexibility index (Phi) is 6.10. The molecule has 0 saturated carbocycles. The molecule has 120 valence electrons. The van der Waals surface area contributed by atoms with E-state index in [1.165, 1.54) is 18.3 Å². The van der Waals surface area contributed by atoms with E-state index in [9.17, 15) is 9.90 Å². The standard InChI is InChI=1S/C15H11Cl3N2O3/c16-10-5-11(17)15(12(18)6-10)20-19-7-9-3-1-2-4-13(9)23-8-14(21)22/h1-7,20H,8H2,(H,21,22)/p-1/b19-7-. The van der Waals surface area contributed by atoms with Gasteiger partial charge in [-0.1, -0.05) is 46.9 Å². The minimum Gasteiger partial charge on any atom is -0.546 e. The van der Waals surface area contributed by atoms with Gasteiger partial charge in [-0.3, -0.25) is 5.43 Å². The number of carboxylic acids is 1. The van der Waals surface area contributed by atoms with Gasteiger partial charge in [-0.15, -0.1) is 0 Å². The molecular formula is C15H10Cl3N2O3-. The molecule has 8 heteroatoms. The normalized spacial score (nSPS) is 10.7. The number of hydrogen-bond donors (Lipinski definition) is 1. The zero-order chi connectivity index (χ0) is 16.8. The molecule has 0 spiro atoms. The molecule has 1 N–H and O–H groups in total. The van der Waals surface area contributed by atoms with Gasteiger partial charge in [0.15, 0.2) is 0 Å². The number of halogens is 3. The lowest BCUT2D eigenvalue weighted by molar-refractivity contribution is -0.307. The van der Waals surface area contributed by atoms with Crippen LogP contribution in [0.4, 0.5) is 5.69 Å². The number of anilines is 1. The predicted octanol–water partition coefficient (Wildman–Crippen LogP) is 3.22. The molecule has 2 aromatic carbocycles. The smallest absolute Gasteiger partial charge is 0.128 e. The number of hydrazone groups is 1. The number of carbonyl (C=O) groups is 1. The Balaban J connectivity index is 2.14. The molecule has 0 amide bonds. The number of nitrogens with one attached hydrogen (secondary N) is 1. The highest BCUT2D eigenvalue weighted by atomic mass is 35.5. The molecule has 0 fully saturated rings. The first-order valence-corrected chi connectivity index (χ1v) is 7.46.